The highest BCUT2D eigenvalue weighted by atomic mass is 16.5. The van der Waals surface area contributed by atoms with E-state index in [-0.39, 0.29) is 24.8 Å². The number of ether oxygens (including phenoxy) is 1. The monoisotopic (exact) mass is 497 g/mol. The van der Waals surface area contributed by atoms with E-state index in [9.17, 15) is 10.1 Å². The Morgan fingerprint density at radius 3 is 2.73 bits per heavy atom. The number of aliphatic hydroxyl groups excluding tert-OH is 1. The number of anilines is 1. The van der Waals surface area contributed by atoms with Gasteiger partial charge in [-0.1, -0.05) is 6.07 Å². The van der Waals surface area contributed by atoms with E-state index in [0.29, 0.717) is 33.7 Å². The Morgan fingerprint density at radius 2 is 2.00 bits per heavy atom. The average molecular weight is 498 g/mol. The standard InChI is InChI=1S/C28H27N5O4/c1-32(11-12-34)28(35)23-15-25(36-2)21(17-31-23)26-14-22-27(37-26)20(7-8-30-22)18-5-6-24(19(13-18)16-29)33-9-3-4-10-33/h5-8,13-15,17,34H,3-4,9-12H2,1-2H3. The minimum atomic E-state index is -0.321. The summed E-state index contributed by atoms with van der Waals surface area (Å²) in [6, 6.07) is 13.5. The molecule has 0 saturated carbocycles. The highest BCUT2D eigenvalue weighted by molar-refractivity contribution is 5.95. The predicted molar refractivity (Wildman–Crippen MR) is 139 cm³/mol. The van der Waals surface area contributed by atoms with E-state index >= 15 is 0 Å². The molecule has 0 radical (unpaired) electrons. The molecule has 1 fully saturated rings. The molecule has 1 N–H and O–H groups in total. The van der Waals surface area contributed by atoms with Crippen LogP contribution in [-0.2, 0) is 0 Å². The van der Waals surface area contributed by atoms with Gasteiger partial charge in [0.25, 0.3) is 5.91 Å². The average Bonchev–Trinajstić information content (AvgIpc) is 3.62. The number of likely N-dealkylation sites (N-methyl/N-ethyl adjacent to an activating group) is 1. The number of hydrogen-bond donors (Lipinski definition) is 1. The molecule has 4 heterocycles. The Balaban J connectivity index is 1.53. The summed E-state index contributed by atoms with van der Waals surface area (Å²) >= 11 is 0. The Hall–Kier alpha value is -4.42. The summed E-state index contributed by atoms with van der Waals surface area (Å²) in [5.74, 6) is 0.604. The van der Waals surface area contributed by atoms with Gasteiger partial charge in [-0.05, 0) is 36.6 Å². The van der Waals surface area contributed by atoms with Crippen LogP contribution < -0.4 is 9.64 Å². The first kappa shape index (κ1) is 24.3. The lowest BCUT2D eigenvalue weighted by atomic mass is 10.0. The molecule has 0 spiro atoms. The highest BCUT2D eigenvalue weighted by Crippen LogP contribution is 2.38. The lowest BCUT2D eigenvalue weighted by Gasteiger charge is -2.19. The molecule has 1 amide bonds. The molecule has 9 nitrogen and oxygen atoms in total. The second kappa shape index (κ2) is 10.3. The maximum atomic E-state index is 12.6. The van der Waals surface area contributed by atoms with Crippen molar-refractivity contribution in [2.75, 3.05) is 45.3 Å². The van der Waals surface area contributed by atoms with E-state index in [1.165, 1.54) is 18.2 Å². The van der Waals surface area contributed by atoms with Crippen molar-refractivity contribution in [3.63, 3.8) is 0 Å². The lowest BCUT2D eigenvalue weighted by molar-refractivity contribution is 0.0761. The fourth-order valence-corrected chi connectivity index (χ4v) is 4.68. The van der Waals surface area contributed by atoms with Crippen molar-refractivity contribution in [1.82, 2.24) is 14.9 Å². The third kappa shape index (κ3) is 4.59. The summed E-state index contributed by atoms with van der Waals surface area (Å²) in [5.41, 5.74) is 5.30. The van der Waals surface area contributed by atoms with E-state index in [1.807, 2.05) is 30.3 Å². The zero-order chi connectivity index (χ0) is 25.9. The van der Waals surface area contributed by atoms with Crippen LogP contribution in [0.3, 0.4) is 0 Å². The number of fused-ring (bicyclic) bond motifs is 1. The van der Waals surface area contributed by atoms with Gasteiger partial charge in [0.1, 0.15) is 28.8 Å². The van der Waals surface area contributed by atoms with Crippen LogP contribution in [0.25, 0.3) is 33.6 Å². The predicted octanol–water partition coefficient (Wildman–Crippen LogP) is 4.10. The highest BCUT2D eigenvalue weighted by Gasteiger charge is 2.21. The van der Waals surface area contributed by atoms with E-state index in [0.717, 1.165) is 42.7 Å². The molecule has 188 valence electrons. The Kier molecular flexibility index (Phi) is 6.75. The summed E-state index contributed by atoms with van der Waals surface area (Å²) < 4.78 is 11.8. The van der Waals surface area contributed by atoms with Crippen LogP contribution in [-0.4, -0.2) is 66.3 Å². The number of nitriles is 1. The largest absolute Gasteiger partial charge is 0.496 e. The number of carbonyl (C=O) groups is 1. The molecular weight excluding hydrogens is 470 g/mol. The van der Waals surface area contributed by atoms with Gasteiger partial charge in [-0.2, -0.15) is 5.26 Å². The van der Waals surface area contributed by atoms with Crippen molar-refractivity contribution >= 4 is 22.7 Å². The number of furan rings is 1. The van der Waals surface area contributed by atoms with Crippen LogP contribution in [0.4, 0.5) is 5.69 Å². The van der Waals surface area contributed by atoms with Gasteiger partial charge in [-0.3, -0.25) is 14.8 Å². The van der Waals surface area contributed by atoms with Crippen LogP contribution in [0.2, 0.25) is 0 Å². The second-order valence-corrected chi connectivity index (χ2v) is 8.94. The quantitative estimate of drug-likeness (QED) is 0.406. The molecule has 1 aliphatic heterocycles. The molecule has 4 aromatic rings. The first-order chi connectivity index (χ1) is 18.0. The van der Waals surface area contributed by atoms with Gasteiger partial charge in [0.05, 0.1) is 30.5 Å². The van der Waals surface area contributed by atoms with E-state index < -0.39 is 0 Å². The fraction of sp³-hybridized carbons (Fsp3) is 0.286. The Labute approximate surface area is 214 Å². The molecule has 3 aromatic heterocycles. The summed E-state index contributed by atoms with van der Waals surface area (Å²) in [6.07, 6.45) is 5.53. The fourth-order valence-electron chi connectivity index (χ4n) is 4.68. The van der Waals surface area contributed by atoms with Gasteiger partial charge >= 0.3 is 0 Å². The van der Waals surface area contributed by atoms with Gasteiger partial charge in [-0.15, -0.1) is 0 Å². The van der Waals surface area contributed by atoms with Crippen LogP contribution in [0.5, 0.6) is 5.75 Å². The van der Waals surface area contributed by atoms with Crippen molar-refractivity contribution < 1.29 is 19.1 Å². The van der Waals surface area contributed by atoms with Crippen LogP contribution in [0.15, 0.2) is 53.2 Å². The minimum absolute atomic E-state index is 0.136. The zero-order valence-corrected chi connectivity index (χ0v) is 20.8. The molecule has 0 aliphatic carbocycles. The molecule has 1 aliphatic rings. The molecule has 9 heteroatoms. The minimum Gasteiger partial charge on any atom is -0.496 e. The lowest BCUT2D eigenvalue weighted by Crippen LogP contribution is -2.30. The maximum absolute atomic E-state index is 12.6. The van der Waals surface area contributed by atoms with Gasteiger partial charge in [0, 0.05) is 56.8 Å². The molecule has 0 unspecified atom stereocenters. The summed E-state index contributed by atoms with van der Waals surface area (Å²) in [4.78, 5) is 25.0. The van der Waals surface area contributed by atoms with Gasteiger partial charge in [-0.25, -0.2) is 0 Å². The van der Waals surface area contributed by atoms with Crippen molar-refractivity contribution in [3.05, 3.63) is 60.0 Å². The summed E-state index contributed by atoms with van der Waals surface area (Å²) in [5, 5.41) is 18.9. The van der Waals surface area contributed by atoms with E-state index in [4.69, 9.17) is 14.3 Å². The molecule has 5 rings (SSSR count). The number of rotatable bonds is 7. The van der Waals surface area contributed by atoms with Crippen molar-refractivity contribution in [3.8, 4) is 34.3 Å². The van der Waals surface area contributed by atoms with E-state index in [1.54, 1.807) is 19.3 Å². The number of nitrogens with zero attached hydrogens (tertiary/aromatic N) is 5. The molecule has 1 aromatic carbocycles. The second-order valence-electron chi connectivity index (χ2n) is 8.94. The normalized spacial score (nSPS) is 13.1. The first-order valence-corrected chi connectivity index (χ1v) is 12.1. The summed E-state index contributed by atoms with van der Waals surface area (Å²) in [6.45, 7) is 2.00. The number of aromatic nitrogens is 2. The smallest absolute Gasteiger partial charge is 0.272 e. The molecule has 1 saturated heterocycles. The number of pyridine rings is 2. The Morgan fingerprint density at radius 1 is 1.19 bits per heavy atom. The molecule has 0 bridgehead atoms. The number of benzene rings is 1. The van der Waals surface area contributed by atoms with Crippen LogP contribution in [0.1, 0.15) is 28.9 Å². The van der Waals surface area contributed by atoms with Gasteiger partial charge in [0.15, 0.2) is 5.58 Å². The third-order valence-corrected chi connectivity index (χ3v) is 6.64. The van der Waals surface area contributed by atoms with E-state index in [2.05, 4.69) is 20.9 Å². The topological polar surface area (TPSA) is 116 Å². The first-order valence-electron chi connectivity index (χ1n) is 12.1. The zero-order valence-electron chi connectivity index (χ0n) is 20.8. The van der Waals surface area contributed by atoms with Crippen LogP contribution in [0, 0.1) is 11.3 Å². The SMILES string of the molecule is COc1cc(C(=O)N(C)CCO)ncc1-c1cc2nccc(-c3ccc(N4CCCC4)c(C#N)c3)c2o1. The maximum Gasteiger partial charge on any atom is 0.272 e. The number of aliphatic hydroxyl groups is 1. The molecule has 37 heavy (non-hydrogen) atoms. The third-order valence-electron chi connectivity index (χ3n) is 6.64. The number of amides is 1. The van der Waals surface area contributed by atoms with Crippen LogP contribution >= 0.6 is 0 Å². The number of carbonyl (C=O) groups excluding carboxylic acids is 1. The van der Waals surface area contributed by atoms with Crippen molar-refractivity contribution in [1.29, 1.82) is 5.26 Å². The van der Waals surface area contributed by atoms with Crippen molar-refractivity contribution in [2.45, 2.75) is 12.8 Å². The molecular formula is C28H27N5O4. The summed E-state index contributed by atoms with van der Waals surface area (Å²) in [7, 11) is 3.12. The Bertz CT molecular complexity index is 1500. The number of methoxy groups -OCH3 is 1. The van der Waals surface area contributed by atoms with Gasteiger partial charge in [0.2, 0.25) is 0 Å². The molecule has 0 atom stereocenters. The van der Waals surface area contributed by atoms with Gasteiger partial charge < -0.3 is 24.1 Å². The number of hydrogen-bond acceptors (Lipinski definition) is 8. The van der Waals surface area contributed by atoms with Crippen molar-refractivity contribution in [2.24, 2.45) is 0 Å².